The van der Waals surface area contributed by atoms with Gasteiger partial charge in [0.05, 0.1) is 11.7 Å². The van der Waals surface area contributed by atoms with Crippen LogP contribution in [-0.2, 0) is 4.74 Å². The smallest absolute Gasteiger partial charge is 0.123 e. The van der Waals surface area contributed by atoms with Crippen LogP contribution in [0.5, 0.6) is 0 Å². The summed E-state index contributed by atoms with van der Waals surface area (Å²) < 4.78 is 5.65. The Balaban J connectivity index is 2.10. The zero-order valence-corrected chi connectivity index (χ0v) is 8.13. The van der Waals surface area contributed by atoms with Crippen molar-refractivity contribution in [3.63, 3.8) is 0 Å². The van der Waals surface area contributed by atoms with Gasteiger partial charge in [-0.3, -0.25) is 0 Å². The minimum absolute atomic E-state index is 0.181. The molecule has 1 N–H and O–H groups in total. The summed E-state index contributed by atoms with van der Waals surface area (Å²) in [6, 6.07) is 0. The Hall–Kier alpha value is -0.0800. The molecule has 0 unspecified atom stereocenters. The Kier molecular flexibility index (Phi) is 1.59. The third-order valence-electron chi connectivity index (χ3n) is 3.48. The van der Waals surface area contributed by atoms with Crippen molar-refractivity contribution in [2.75, 3.05) is 0 Å². The highest BCUT2D eigenvalue weighted by Crippen LogP contribution is 2.55. The normalized spacial score (nSPS) is 47.0. The first-order chi connectivity index (χ1) is 5.46. The lowest BCUT2D eigenvalue weighted by Crippen LogP contribution is -2.43. The van der Waals surface area contributed by atoms with E-state index in [0.717, 1.165) is 18.8 Å². The van der Waals surface area contributed by atoms with E-state index in [9.17, 15) is 5.11 Å². The van der Waals surface area contributed by atoms with E-state index in [1.54, 1.807) is 0 Å². The predicted octanol–water partition coefficient (Wildman–Crippen LogP) is 1.71. The lowest BCUT2D eigenvalue weighted by Gasteiger charge is -2.31. The van der Waals surface area contributed by atoms with Gasteiger partial charge in [0.25, 0.3) is 0 Å². The molecule has 0 bridgehead atoms. The van der Waals surface area contributed by atoms with Crippen LogP contribution in [0, 0.1) is 5.92 Å². The Morgan fingerprint density at radius 2 is 2.17 bits per heavy atom. The van der Waals surface area contributed by atoms with Gasteiger partial charge in [-0.1, -0.05) is 6.92 Å². The summed E-state index contributed by atoms with van der Waals surface area (Å²) in [5, 5.41) is 9.90. The second-order valence-electron chi connectivity index (χ2n) is 4.93. The lowest BCUT2D eigenvalue weighted by atomic mass is 9.75. The lowest BCUT2D eigenvalue weighted by molar-refractivity contribution is -0.0138. The maximum atomic E-state index is 9.90. The molecule has 1 aliphatic heterocycles. The average molecular weight is 170 g/mol. The van der Waals surface area contributed by atoms with E-state index < -0.39 is 5.60 Å². The van der Waals surface area contributed by atoms with Gasteiger partial charge in [-0.15, -0.1) is 0 Å². The third kappa shape index (κ3) is 1.01. The van der Waals surface area contributed by atoms with Crippen LogP contribution in [0.2, 0.25) is 0 Å². The van der Waals surface area contributed by atoms with Crippen LogP contribution in [-0.4, -0.2) is 22.4 Å². The highest BCUT2D eigenvalue weighted by Gasteiger charge is 2.66. The Bertz CT molecular complexity index is 195. The van der Waals surface area contributed by atoms with Crippen molar-refractivity contribution in [1.29, 1.82) is 0 Å². The maximum absolute atomic E-state index is 9.90. The topological polar surface area (TPSA) is 32.8 Å². The molecule has 0 radical (unpaired) electrons. The summed E-state index contributed by atoms with van der Waals surface area (Å²) in [4.78, 5) is 0. The van der Waals surface area contributed by atoms with Gasteiger partial charge in [-0.25, -0.2) is 0 Å². The van der Waals surface area contributed by atoms with Crippen LogP contribution in [0.15, 0.2) is 0 Å². The van der Waals surface area contributed by atoms with Gasteiger partial charge in [0.1, 0.15) is 5.60 Å². The van der Waals surface area contributed by atoms with Gasteiger partial charge in [0.2, 0.25) is 0 Å². The Labute approximate surface area is 73.9 Å². The van der Waals surface area contributed by atoms with Gasteiger partial charge in [0, 0.05) is 0 Å². The molecule has 1 heterocycles. The van der Waals surface area contributed by atoms with Gasteiger partial charge >= 0.3 is 0 Å². The molecule has 2 aliphatic rings. The molecule has 70 valence electrons. The molecule has 2 nitrogen and oxygen atoms in total. The number of epoxide rings is 1. The molecule has 0 amide bonds. The minimum atomic E-state index is -0.655. The molecule has 2 fully saturated rings. The summed E-state index contributed by atoms with van der Waals surface area (Å²) in [6.07, 6.45) is 3.69. The number of fused-ring (bicyclic) bond motifs is 1. The summed E-state index contributed by atoms with van der Waals surface area (Å²) in [5.41, 5.74) is -0.836. The van der Waals surface area contributed by atoms with E-state index in [1.807, 2.05) is 13.8 Å². The average Bonchev–Trinajstić information content (AvgIpc) is 2.60. The zero-order valence-electron chi connectivity index (χ0n) is 8.13. The fraction of sp³-hybridized carbons (Fsp3) is 1.00. The summed E-state index contributed by atoms with van der Waals surface area (Å²) >= 11 is 0. The number of ether oxygens (including phenoxy) is 1. The van der Waals surface area contributed by atoms with Crippen molar-refractivity contribution in [2.45, 2.75) is 57.3 Å². The predicted molar refractivity (Wildman–Crippen MR) is 46.9 cm³/mol. The molecule has 0 spiro atoms. The standard InChI is InChI=1S/C10H18O2/c1-7-4-5-10(9(2,3)11)8(6-7)12-10/h7-8,11H,4-6H2,1-3H3/t7-,8-,10+/m1/s1. The van der Waals surface area contributed by atoms with Crippen molar-refractivity contribution in [2.24, 2.45) is 5.92 Å². The van der Waals surface area contributed by atoms with Gasteiger partial charge in [0.15, 0.2) is 0 Å². The molecule has 0 aromatic rings. The van der Waals surface area contributed by atoms with Crippen molar-refractivity contribution in [3.8, 4) is 0 Å². The van der Waals surface area contributed by atoms with E-state index in [-0.39, 0.29) is 5.60 Å². The molecule has 1 saturated heterocycles. The largest absolute Gasteiger partial charge is 0.387 e. The van der Waals surface area contributed by atoms with Crippen LogP contribution in [0.25, 0.3) is 0 Å². The molecular formula is C10H18O2. The first kappa shape index (κ1) is 8.52. The fourth-order valence-corrected chi connectivity index (χ4v) is 2.47. The van der Waals surface area contributed by atoms with Gasteiger partial charge in [-0.2, -0.15) is 0 Å². The fourth-order valence-electron chi connectivity index (χ4n) is 2.47. The van der Waals surface area contributed by atoms with Crippen molar-refractivity contribution in [1.82, 2.24) is 0 Å². The van der Waals surface area contributed by atoms with E-state index in [4.69, 9.17) is 4.74 Å². The molecule has 0 aromatic carbocycles. The quantitative estimate of drug-likeness (QED) is 0.608. The molecule has 0 aromatic heterocycles. The highest BCUT2D eigenvalue weighted by atomic mass is 16.6. The molecule has 2 rings (SSSR count). The van der Waals surface area contributed by atoms with E-state index in [2.05, 4.69) is 6.92 Å². The Morgan fingerprint density at radius 3 is 2.67 bits per heavy atom. The summed E-state index contributed by atoms with van der Waals surface area (Å²) in [6.45, 7) is 5.99. The van der Waals surface area contributed by atoms with Gasteiger partial charge in [-0.05, 0) is 39.0 Å². The maximum Gasteiger partial charge on any atom is 0.123 e. The van der Waals surface area contributed by atoms with Crippen molar-refractivity contribution >= 4 is 0 Å². The van der Waals surface area contributed by atoms with Gasteiger partial charge < -0.3 is 9.84 Å². The summed E-state index contributed by atoms with van der Waals surface area (Å²) in [7, 11) is 0. The van der Waals surface area contributed by atoms with Crippen LogP contribution in [0.1, 0.15) is 40.0 Å². The minimum Gasteiger partial charge on any atom is -0.387 e. The van der Waals surface area contributed by atoms with Crippen molar-refractivity contribution < 1.29 is 9.84 Å². The van der Waals surface area contributed by atoms with Crippen LogP contribution in [0.4, 0.5) is 0 Å². The molecular weight excluding hydrogens is 152 g/mol. The third-order valence-corrected chi connectivity index (χ3v) is 3.48. The second kappa shape index (κ2) is 2.24. The SMILES string of the molecule is C[C@@H]1CC[C@]2(C(C)(C)O)O[C@@H]2C1. The second-order valence-corrected chi connectivity index (χ2v) is 4.93. The molecule has 3 atom stereocenters. The number of hydrogen-bond donors (Lipinski definition) is 1. The Morgan fingerprint density at radius 1 is 1.50 bits per heavy atom. The number of rotatable bonds is 1. The van der Waals surface area contributed by atoms with Crippen LogP contribution < -0.4 is 0 Å². The van der Waals surface area contributed by atoms with E-state index >= 15 is 0 Å². The first-order valence-electron chi connectivity index (χ1n) is 4.86. The highest BCUT2D eigenvalue weighted by molar-refractivity contribution is 5.14. The van der Waals surface area contributed by atoms with E-state index in [0.29, 0.717) is 6.10 Å². The molecule has 1 saturated carbocycles. The van der Waals surface area contributed by atoms with E-state index in [1.165, 1.54) is 6.42 Å². The van der Waals surface area contributed by atoms with Crippen molar-refractivity contribution in [3.05, 3.63) is 0 Å². The molecule has 1 aliphatic carbocycles. The van der Waals surface area contributed by atoms with Crippen LogP contribution in [0.3, 0.4) is 0 Å². The number of hydrogen-bond acceptors (Lipinski definition) is 2. The summed E-state index contributed by atoms with van der Waals surface area (Å²) in [5.74, 6) is 0.771. The monoisotopic (exact) mass is 170 g/mol. The number of aliphatic hydroxyl groups is 1. The molecule has 12 heavy (non-hydrogen) atoms. The molecule has 2 heteroatoms. The first-order valence-corrected chi connectivity index (χ1v) is 4.86. The zero-order chi connectivity index (χ0) is 8.98. The van der Waals surface area contributed by atoms with Crippen LogP contribution >= 0.6 is 0 Å².